The van der Waals surface area contributed by atoms with Crippen molar-refractivity contribution in [3.8, 4) is 56.3 Å². The Morgan fingerprint density at radius 1 is 0.414 bits per heavy atom. The molecule has 0 saturated heterocycles. The second kappa shape index (κ2) is 16.5. The van der Waals surface area contributed by atoms with Gasteiger partial charge in [0.15, 0.2) is 0 Å². The van der Waals surface area contributed by atoms with Crippen molar-refractivity contribution in [1.29, 1.82) is 0 Å². The maximum absolute atomic E-state index is 3.48. The second-order valence-corrected chi connectivity index (χ2v) is 19.4. The summed E-state index contributed by atoms with van der Waals surface area (Å²) in [7, 11) is 0. The fraction of sp³-hybridized carbons (Fsp3) is 0.0725. The largest absolute Gasteiger partial charge is 0.310 e. The Kier molecular flexibility index (Phi) is 9.79. The lowest BCUT2D eigenvalue weighted by Crippen LogP contribution is -2.28. The van der Waals surface area contributed by atoms with E-state index in [1.807, 2.05) is 0 Å². The zero-order valence-electron chi connectivity index (χ0n) is 39.3. The first-order chi connectivity index (χ1) is 34.5. The molecule has 0 heterocycles. The van der Waals surface area contributed by atoms with Crippen molar-refractivity contribution < 1.29 is 0 Å². The lowest BCUT2D eigenvalue weighted by Gasteiger charge is -2.34. The van der Waals surface area contributed by atoms with Gasteiger partial charge in [-0.05, 0) is 138 Å². The molecule has 1 nitrogen and oxygen atoms in total. The van der Waals surface area contributed by atoms with Gasteiger partial charge in [0.1, 0.15) is 0 Å². The fourth-order valence-electron chi connectivity index (χ4n) is 11.9. The highest BCUT2D eigenvalue weighted by molar-refractivity contribution is 5.96. The summed E-state index contributed by atoms with van der Waals surface area (Å²) in [6.45, 7) is 4.72. The van der Waals surface area contributed by atoms with Crippen molar-refractivity contribution in [3.63, 3.8) is 0 Å². The van der Waals surface area contributed by atoms with Crippen LogP contribution in [-0.2, 0) is 10.8 Å². The minimum absolute atomic E-state index is 0.135. The van der Waals surface area contributed by atoms with Crippen LogP contribution in [0.15, 0.2) is 260 Å². The van der Waals surface area contributed by atoms with E-state index < -0.39 is 5.41 Å². The van der Waals surface area contributed by atoms with Gasteiger partial charge < -0.3 is 4.90 Å². The summed E-state index contributed by atoms with van der Waals surface area (Å²) in [6, 6.07) is 81.1. The number of nitrogens with zero attached hydrogens (tertiary/aromatic N) is 1. The normalized spacial score (nSPS) is 16.0. The average Bonchev–Trinajstić information content (AvgIpc) is 3.72. The minimum atomic E-state index is -0.456. The molecule has 1 unspecified atom stereocenters. The Balaban J connectivity index is 0.911. The van der Waals surface area contributed by atoms with Crippen molar-refractivity contribution >= 4 is 22.6 Å². The first kappa shape index (κ1) is 41.5. The standard InChI is InChI=1S/C69H49N/c1-68(2)63-28-13-11-25-60(63)61-44-43-58(46-66(61)68)70(56-39-35-50(36-40-56)53-20-15-19-52(45-53)49-33-31-47-17-9-10-18-48(47)32-34-49)57-41-37-51(38-42-57)59-27-16-30-65-67(59)62-26-12-14-29-64(62)69(65,54-21-5-3-6-22-54)55-23-7-4-8-24-55/h3-31,33,35-46,48H,1-2H3. The van der Waals surface area contributed by atoms with Crippen molar-refractivity contribution in [2.75, 3.05) is 4.90 Å². The molecule has 0 radical (unpaired) electrons. The maximum atomic E-state index is 3.48. The molecule has 330 valence electrons. The number of rotatable bonds is 8. The van der Waals surface area contributed by atoms with Crippen molar-refractivity contribution in [3.05, 3.63) is 299 Å². The van der Waals surface area contributed by atoms with Gasteiger partial charge in [0.2, 0.25) is 0 Å². The van der Waals surface area contributed by atoms with E-state index in [9.17, 15) is 0 Å². The summed E-state index contributed by atoms with van der Waals surface area (Å²) < 4.78 is 0. The van der Waals surface area contributed by atoms with Crippen LogP contribution in [0.5, 0.6) is 0 Å². The van der Waals surface area contributed by atoms with E-state index in [2.05, 4.69) is 285 Å². The number of hydrogen-bond acceptors (Lipinski definition) is 1. The van der Waals surface area contributed by atoms with Gasteiger partial charge in [-0.2, -0.15) is 0 Å². The smallest absolute Gasteiger partial charge is 0.0713 e. The van der Waals surface area contributed by atoms with Crippen LogP contribution in [0.25, 0.3) is 50.1 Å². The summed E-state index contributed by atoms with van der Waals surface area (Å²) in [6.07, 6.45) is 12.9. The second-order valence-electron chi connectivity index (χ2n) is 19.4. The molecule has 9 aromatic rings. The molecule has 0 bridgehead atoms. The van der Waals surface area contributed by atoms with E-state index >= 15 is 0 Å². The van der Waals surface area contributed by atoms with Gasteiger partial charge in [0, 0.05) is 28.1 Å². The van der Waals surface area contributed by atoms with Crippen molar-refractivity contribution in [2.45, 2.75) is 24.7 Å². The lowest BCUT2D eigenvalue weighted by molar-refractivity contribution is 0.660. The van der Waals surface area contributed by atoms with E-state index in [4.69, 9.17) is 0 Å². The molecule has 1 heteroatoms. The SMILES string of the molecule is CC1(C)c2ccccc2-c2ccc(N(c3ccc(-c4cccc(C5=CC=C6C=CC=CC6C#C5)c4)cc3)c3ccc(-c4cccc5c4-c4ccccc4C5(c4ccccc4)c4ccccc4)cc3)cc21. The molecule has 70 heavy (non-hydrogen) atoms. The average molecular weight is 892 g/mol. The summed E-state index contributed by atoms with van der Waals surface area (Å²) in [5.41, 5.74) is 24.0. The molecule has 0 saturated carbocycles. The van der Waals surface area contributed by atoms with E-state index in [0.717, 1.165) is 39.3 Å². The first-order valence-corrected chi connectivity index (χ1v) is 24.5. The summed E-state index contributed by atoms with van der Waals surface area (Å²) >= 11 is 0. The number of fused-ring (bicyclic) bond motifs is 7. The third-order valence-corrected chi connectivity index (χ3v) is 15.2. The summed E-state index contributed by atoms with van der Waals surface area (Å²) in [5.74, 6) is 7.10. The minimum Gasteiger partial charge on any atom is -0.310 e. The van der Waals surface area contributed by atoms with Crippen LogP contribution in [0.1, 0.15) is 52.8 Å². The Labute approximate surface area is 411 Å². The highest BCUT2D eigenvalue weighted by atomic mass is 15.1. The Hall–Kier alpha value is -8.70. The van der Waals surface area contributed by atoms with Gasteiger partial charge in [-0.15, -0.1) is 0 Å². The van der Waals surface area contributed by atoms with E-state index in [1.54, 1.807) is 0 Å². The molecule has 4 aliphatic rings. The fourth-order valence-corrected chi connectivity index (χ4v) is 11.9. The topological polar surface area (TPSA) is 3.24 Å². The lowest BCUT2D eigenvalue weighted by atomic mass is 9.67. The van der Waals surface area contributed by atoms with Gasteiger partial charge in [-0.1, -0.05) is 232 Å². The predicted octanol–water partition coefficient (Wildman–Crippen LogP) is 17.2. The number of allylic oxidation sites excluding steroid dienone is 8. The molecule has 0 fully saturated rings. The number of anilines is 3. The number of hydrogen-bond donors (Lipinski definition) is 0. The molecule has 0 aliphatic heterocycles. The van der Waals surface area contributed by atoms with Crippen LogP contribution in [-0.4, -0.2) is 0 Å². The van der Waals surface area contributed by atoms with Gasteiger partial charge in [-0.3, -0.25) is 0 Å². The zero-order valence-corrected chi connectivity index (χ0v) is 39.3. The molecule has 4 aliphatic carbocycles. The van der Waals surface area contributed by atoms with Crippen LogP contribution >= 0.6 is 0 Å². The van der Waals surface area contributed by atoms with Crippen LogP contribution in [0.4, 0.5) is 17.1 Å². The van der Waals surface area contributed by atoms with Crippen LogP contribution < -0.4 is 4.90 Å². The molecule has 13 rings (SSSR count). The van der Waals surface area contributed by atoms with Crippen molar-refractivity contribution in [1.82, 2.24) is 0 Å². The van der Waals surface area contributed by atoms with Crippen molar-refractivity contribution in [2.24, 2.45) is 5.92 Å². The first-order valence-electron chi connectivity index (χ1n) is 24.5. The summed E-state index contributed by atoms with van der Waals surface area (Å²) in [4.78, 5) is 2.42. The molecular weight excluding hydrogens is 843 g/mol. The maximum Gasteiger partial charge on any atom is 0.0713 e. The third-order valence-electron chi connectivity index (χ3n) is 15.2. The van der Waals surface area contributed by atoms with Crippen LogP contribution in [0.2, 0.25) is 0 Å². The van der Waals surface area contributed by atoms with E-state index in [0.29, 0.717) is 0 Å². The predicted molar refractivity (Wildman–Crippen MR) is 292 cm³/mol. The molecule has 1 atom stereocenters. The molecule has 0 N–H and O–H groups in total. The van der Waals surface area contributed by atoms with Gasteiger partial charge in [0.25, 0.3) is 0 Å². The molecular formula is C69H49N. The quantitative estimate of drug-likeness (QED) is 0.137. The van der Waals surface area contributed by atoms with Gasteiger partial charge in [-0.25, -0.2) is 0 Å². The highest BCUT2D eigenvalue weighted by Crippen LogP contribution is 2.58. The molecule has 0 amide bonds. The Bertz CT molecular complexity index is 3680. The molecule has 0 spiro atoms. The van der Waals surface area contributed by atoms with Crippen LogP contribution in [0, 0.1) is 17.8 Å². The van der Waals surface area contributed by atoms with Gasteiger partial charge >= 0.3 is 0 Å². The highest BCUT2D eigenvalue weighted by Gasteiger charge is 2.46. The number of benzene rings is 9. The molecule has 9 aromatic carbocycles. The monoisotopic (exact) mass is 891 g/mol. The summed E-state index contributed by atoms with van der Waals surface area (Å²) in [5, 5.41) is 0. The van der Waals surface area contributed by atoms with E-state index in [-0.39, 0.29) is 11.3 Å². The van der Waals surface area contributed by atoms with Gasteiger partial charge in [0.05, 0.1) is 11.3 Å². The molecule has 0 aromatic heterocycles. The van der Waals surface area contributed by atoms with E-state index in [1.165, 1.54) is 72.3 Å². The van der Waals surface area contributed by atoms with Crippen LogP contribution in [0.3, 0.4) is 0 Å². The third kappa shape index (κ3) is 6.56. The Morgan fingerprint density at radius 2 is 1.00 bits per heavy atom. The zero-order chi connectivity index (χ0) is 46.8. The Morgan fingerprint density at radius 3 is 1.74 bits per heavy atom.